The number of fused-ring (bicyclic) bond motifs is 5. The fourth-order valence-corrected chi connectivity index (χ4v) is 8.88. The van der Waals surface area contributed by atoms with Gasteiger partial charge in [0.15, 0.2) is 0 Å². The molecule has 2 N–H and O–H groups in total. The van der Waals surface area contributed by atoms with Crippen molar-refractivity contribution in [2.75, 3.05) is 0 Å². The third kappa shape index (κ3) is 4.43. The van der Waals surface area contributed by atoms with Gasteiger partial charge < -0.3 is 10.2 Å². The minimum atomic E-state index is -4.33. The SMILES string of the molecule is C[C@H](CC[C@@H](O)[C@@H](C)C(F)(F)F)[C@H]1CC[C@H]2[C@@H]3CC=C4C[C@@](C)(O)CC[C@]4(C)[C@H]3CC[C@]12C. The van der Waals surface area contributed by atoms with Gasteiger partial charge in [0.1, 0.15) is 0 Å². The van der Waals surface area contributed by atoms with E-state index in [0.29, 0.717) is 36.0 Å². The molecule has 0 spiro atoms. The number of aliphatic hydroxyl groups is 2. The number of rotatable bonds is 5. The molecule has 190 valence electrons. The molecule has 0 radical (unpaired) electrons. The lowest BCUT2D eigenvalue weighted by Crippen LogP contribution is -2.52. The first kappa shape index (κ1) is 25.5. The average Bonchev–Trinajstić information content (AvgIpc) is 3.08. The zero-order chi connectivity index (χ0) is 24.4. The van der Waals surface area contributed by atoms with Gasteiger partial charge in [-0.05, 0) is 112 Å². The van der Waals surface area contributed by atoms with Crippen LogP contribution in [0.3, 0.4) is 0 Å². The Kier molecular flexibility index (Phi) is 6.61. The van der Waals surface area contributed by atoms with Crippen LogP contribution in [0.4, 0.5) is 13.2 Å². The topological polar surface area (TPSA) is 40.5 Å². The van der Waals surface area contributed by atoms with E-state index in [1.54, 1.807) is 0 Å². The first-order valence-electron chi connectivity index (χ1n) is 13.4. The van der Waals surface area contributed by atoms with E-state index < -0.39 is 23.8 Å². The second-order valence-corrected chi connectivity index (χ2v) is 13.1. The van der Waals surface area contributed by atoms with Crippen LogP contribution in [0.25, 0.3) is 0 Å². The second-order valence-electron chi connectivity index (χ2n) is 13.1. The molecule has 5 heteroatoms. The van der Waals surface area contributed by atoms with Crippen LogP contribution >= 0.6 is 0 Å². The minimum absolute atomic E-state index is 0.216. The van der Waals surface area contributed by atoms with Crippen molar-refractivity contribution >= 4 is 0 Å². The highest BCUT2D eigenvalue weighted by molar-refractivity contribution is 5.26. The van der Waals surface area contributed by atoms with Crippen molar-refractivity contribution in [1.82, 2.24) is 0 Å². The van der Waals surface area contributed by atoms with Gasteiger partial charge in [-0.15, -0.1) is 0 Å². The Morgan fingerprint density at radius 1 is 1.00 bits per heavy atom. The monoisotopic (exact) mass is 470 g/mol. The molecule has 3 fully saturated rings. The van der Waals surface area contributed by atoms with Gasteiger partial charge in [-0.25, -0.2) is 0 Å². The van der Waals surface area contributed by atoms with Crippen molar-refractivity contribution in [3.05, 3.63) is 11.6 Å². The molecule has 0 aromatic heterocycles. The molecular weight excluding hydrogens is 425 g/mol. The quantitative estimate of drug-likeness (QED) is 0.414. The van der Waals surface area contributed by atoms with Crippen LogP contribution < -0.4 is 0 Å². The standard InChI is InChI=1S/C28H45F3O2/c1-17(6-11-24(32)18(2)28(29,30)31)21-9-10-22-20-8-7-19-16-25(3,33)14-15-26(19,4)23(20)12-13-27(21,22)5/h7,17-18,20-24,32-33H,6,8-16H2,1-5H3/t17-,18-,20+,21-,22+,23+,24-,25+,26+,27-/m1/s1. The summed E-state index contributed by atoms with van der Waals surface area (Å²) in [4.78, 5) is 0. The number of allylic oxidation sites excluding steroid dienone is 1. The predicted molar refractivity (Wildman–Crippen MR) is 125 cm³/mol. The molecule has 4 aliphatic rings. The minimum Gasteiger partial charge on any atom is -0.393 e. The van der Waals surface area contributed by atoms with Gasteiger partial charge in [-0.2, -0.15) is 13.2 Å². The van der Waals surface area contributed by atoms with Crippen molar-refractivity contribution in [3.8, 4) is 0 Å². The molecule has 2 nitrogen and oxygen atoms in total. The Labute approximate surface area is 198 Å². The van der Waals surface area contributed by atoms with E-state index in [-0.39, 0.29) is 17.3 Å². The van der Waals surface area contributed by atoms with Crippen LogP contribution in [0.2, 0.25) is 0 Å². The number of hydrogen-bond acceptors (Lipinski definition) is 2. The van der Waals surface area contributed by atoms with Crippen molar-refractivity contribution in [2.24, 2.45) is 46.3 Å². The third-order valence-corrected chi connectivity index (χ3v) is 11.2. The predicted octanol–water partition coefficient (Wildman–Crippen LogP) is 7.29. The molecule has 0 aromatic carbocycles. The fourth-order valence-electron chi connectivity index (χ4n) is 8.88. The highest BCUT2D eigenvalue weighted by Gasteiger charge is 2.59. The maximum Gasteiger partial charge on any atom is 0.394 e. The molecule has 0 aliphatic heterocycles. The molecule has 4 rings (SSSR count). The summed E-state index contributed by atoms with van der Waals surface area (Å²) in [6, 6.07) is 0. The Bertz CT molecular complexity index is 759. The first-order chi connectivity index (χ1) is 15.2. The van der Waals surface area contributed by atoms with Crippen molar-refractivity contribution in [1.29, 1.82) is 0 Å². The van der Waals surface area contributed by atoms with E-state index in [1.165, 1.54) is 31.3 Å². The van der Waals surface area contributed by atoms with Crippen LogP contribution in [-0.2, 0) is 0 Å². The summed E-state index contributed by atoms with van der Waals surface area (Å²) in [5.74, 6) is 1.26. The molecule has 0 aromatic rings. The Hall–Kier alpha value is -0.550. The largest absolute Gasteiger partial charge is 0.394 e. The zero-order valence-electron chi connectivity index (χ0n) is 21.2. The van der Waals surface area contributed by atoms with Gasteiger partial charge in [0.2, 0.25) is 0 Å². The molecule has 10 atom stereocenters. The smallest absolute Gasteiger partial charge is 0.393 e. The van der Waals surface area contributed by atoms with Crippen molar-refractivity contribution in [2.45, 2.75) is 117 Å². The lowest BCUT2D eigenvalue weighted by atomic mass is 9.46. The summed E-state index contributed by atoms with van der Waals surface area (Å²) >= 11 is 0. The Balaban J connectivity index is 1.45. The molecule has 0 saturated heterocycles. The maximum absolute atomic E-state index is 13.0. The summed E-state index contributed by atoms with van der Waals surface area (Å²) in [7, 11) is 0. The van der Waals surface area contributed by atoms with Crippen molar-refractivity contribution in [3.63, 3.8) is 0 Å². The van der Waals surface area contributed by atoms with E-state index >= 15 is 0 Å². The summed E-state index contributed by atoms with van der Waals surface area (Å²) < 4.78 is 38.9. The van der Waals surface area contributed by atoms with Gasteiger partial charge in [-0.1, -0.05) is 39.3 Å². The van der Waals surface area contributed by atoms with Crippen LogP contribution in [0, 0.1) is 46.3 Å². The normalized spacial score (nSPS) is 45.9. The number of halogens is 3. The van der Waals surface area contributed by atoms with E-state index in [9.17, 15) is 23.4 Å². The second kappa shape index (κ2) is 8.54. The zero-order valence-corrected chi connectivity index (χ0v) is 21.2. The molecule has 0 heterocycles. The molecule has 0 unspecified atom stereocenters. The van der Waals surface area contributed by atoms with E-state index in [4.69, 9.17) is 0 Å². The van der Waals surface area contributed by atoms with Crippen LogP contribution in [0.5, 0.6) is 0 Å². The Morgan fingerprint density at radius 2 is 1.70 bits per heavy atom. The first-order valence-corrected chi connectivity index (χ1v) is 13.4. The van der Waals surface area contributed by atoms with Crippen molar-refractivity contribution < 1.29 is 23.4 Å². The highest BCUT2D eigenvalue weighted by Crippen LogP contribution is 2.67. The van der Waals surface area contributed by atoms with Gasteiger partial charge in [0, 0.05) is 0 Å². The van der Waals surface area contributed by atoms with Crippen LogP contribution in [-0.4, -0.2) is 28.1 Å². The van der Waals surface area contributed by atoms with Gasteiger partial charge in [-0.3, -0.25) is 0 Å². The summed E-state index contributed by atoms with van der Waals surface area (Å²) in [6.45, 7) is 10.2. The van der Waals surface area contributed by atoms with E-state index in [2.05, 4.69) is 26.8 Å². The van der Waals surface area contributed by atoms with E-state index in [0.717, 1.165) is 32.6 Å². The molecule has 33 heavy (non-hydrogen) atoms. The number of aliphatic hydroxyl groups excluding tert-OH is 1. The van der Waals surface area contributed by atoms with Gasteiger partial charge in [0.25, 0.3) is 0 Å². The average molecular weight is 471 g/mol. The molecular formula is C28H45F3O2. The van der Waals surface area contributed by atoms with Crippen LogP contribution in [0.15, 0.2) is 11.6 Å². The van der Waals surface area contributed by atoms with Crippen LogP contribution in [0.1, 0.15) is 98.8 Å². The maximum atomic E-state index is 13.0. The summed E-state index contributed by atoms with van der Waals surface area (Å²) in [5.41, 5.74) is 1.39. The third-order valence-electron chi connectivity index (χ3n) is 11.2. The number of alkyl halides is 3. The fraction of sp³-hybridized carbons (Fsp3) is 0.929. The molecule has 3 saturated carbocycles. The molecule has 0 bridgehead atoms. The molecule has 4 aliphatic carbocycles. The lowest BCUT2D eigenvalue weighted by Gasteiger charge is -2.59. The lowest BCUT2D eigenvalue weighted by molar-refractivity contribution is -0.195. The summed E-state index contributed by atoms with van der Waals surface area (Å²) in [6.07, 6.45) is 6.43. The van der Waals surface area contributed by atoms with E-state index in [1.807, 2.05) is 6.92 Å². The molecule has 0 amide bonds. The Morgan fingerprint density at radius 3 is 2.36 bits per heavy atom. The summed E-state index contributed by atoms with van der Waals surface area (Å²) in [5, 5.41) is 20.8. The van der Waals surface area contributed by atoms with Gasteiger partial charge in [0.05, 0.1) is 17.6 Å². The highest BCUT2D eigenvalue weighted by atomic mass is 19.4. The number of hydrogen-bond donors (Lipinski definition) is 2. The van der Waals surface area contributed by atoms with Gasteiger partial charge >= 0.3 is 6.18 Å².